The molecule has 1 aliphatic heterocycles. The zero-order chi connectivity index (χ0) is 11.5. The first-order chi connectivity index (χ1) is 7.68. The molecule has 1 fully saturated rings. The summed E-state index contributed by atoms with van der Waals surface area (Å²) in [6, 6.07) is 8.84. The number of para-hydroxylation sites is 1. The highest BCUT2D eigenvalue weighted by Crippen LogP contribution is 2.19. The molecule has 16 heavy (non-hydrogen) atoms. The number of benzene rings is 1. The molecule has 1 saturated heterocycles. The molecule has 4 atom stereocenters. The lowest BCUT2D eigenvalue weighted by Crippen LogP contribution is -2.54. The Morgan fingerprint density at radius 1 is 1.06 bits per heavy atom. The van der Waals surface area contributed by atoms with E-state index in [9.17, 15) is 15.3 Å². The van der Waals surface area contributed by atoms with Crippen LogP contribution in [-0.4, -0.2) is 46.5 Å². The third-order valence-electron chi connectivity index (χ3n) is 2.45. The van der Waals surface area contributed by atoms with Crippen molar-refractivity contribution in [2.75, 3.05) is 6.61 Å². The van der Waals surface area contributed by atoms with E-state index >= 15 is 0 Å². The van der Waals surface area contributed by atoms with Crippen molar-refractivity contribution in [2.45, 2.75) is 24.6 Å². The Bertz CT molecular complexity index is 328. The number of aliphatic hydroxyl groups is 3. The lowest BCUT2D eigenvalue weighted by molar-refractivity contribution is -0.242. The standard InChI is InChI=1S/C11H14O5/c12-8-6-15-11(10(14)9(8)13)16-7-4-2-1-3-5-7/h1-5,8-14H,6H2/t8-,9-,10+,11+/m1/s1. The second-order valence-corrected chi connectivity index (χ2v) is 3.68. The van der Waals surface area contributed by atoms with Gasteiger partial charge in [-0.15, -0.1) is 0 Å². The van der Waals surface area contributed by atoms with Crippen molar-refractivity contribution in [3.05, 3.63) is 30.3 Å². The van der Waals surface area contributed by atoms with Gasteiger partial charge in [-0.1, -0.05) is 18.2 Å². The van der Waals surface area contributed by atoms with Crippen LogP contribution in [0.3, 0.4) is 0 Å². The van der Waals surface area contributed by atoms with Gasteiger partial charge in [0, 0.05) is 0 Å². The van der Waals surface area contributed by atoms with Crippen LogP contribution in [0.15, 0.2) is 30.3 Å². The van der Waals surface area contributed by atoms with Gasteiger partial charge in [0.2, 0.25) is 6.29 Å². The molecule has 5 nitrogen and oxygen atoms in total. The van der Waals surface area contributed by atoms with E-state index in [0.29, 0.717) is 5.75 Å². The highest BCUT2D eigenvalue weighted by molar-refractivity contribution is 5.21. The second kappa shape index (κ2) is 4.80. The molecule has 1 aromatic rings. The largest absolute Gasteiger partial charge is 0.462 e. The summed E-state index contributed by atoms with van der Waals surface area (Å²) in [5, 5.41) is 28.3. The number of hydrogen-bond donors (Lipinski definition) is 3. The number of hydrogen-bond acceptors (Lipinski definition) is 5. The van der Waals surface area contributed by atoms with Crippen LogP contribution in [0.4, 0.5) is 0 Å². The van der Waals surface area contributed by atoms with Gasteiger partial charge in [-0.2, -0.15) is 0 Å². The SMILES string of the molecule is O[C@@H]1[C@H](Oc2ccccc2)OC[C@@H](O)[C@H]1O. The van der Waals surface area contributed by atoms with Crippen LogP contribution in [-0.2, 0) is 4.74 Å². The number of rotatable bonds is 2. The van der Waals surface area contributed by atoms with Crippen LogP contribution in [0, 0.1) is 0 Å². The lowest BCUT2D eigenvalue weighted by atomic mass is 10.1. The minimum Gasteiger partial charge on any atom is -0.462 e. The van der Waals surface area contributed by atoms with Gasteiger partial charge in [0.1, 0.15) is 24.1 Å². The van der Waals surface area contributed by atoms with Gasteiger partial charge in [-0.25, -0.2) is 0 Å². The van der Waals surface area contributed by atoms with Crippen molar-refractivity contribution in [3.8, 4) is 5.75 Å². The highest BCUT2D eigenvalue weighted by atomic mass is 16.7. The van der Waals surface area contributed by atoms with Crippen molar-refractivity contribution in [1.82, 2.24) is 0 Å². The number of ether oxygens (including phenoxy) is 2. The van der Waals surface area contributed by atoms with E-state index in [2.05, 4.69) is 0 Å². The molecule has 1 aromatic carbocycles. The fraction of sp³-hybridized carbons (Fsp3) is 0.455. The third kappa shape index (κ3) is 2.33. The summed E-state index contributed by atoms with van der Waals surface area (Å²) in [5.74, 6) is 0.537. The fourth-order valence-electron chi connectivity index (χ4n) is 1.52. The monoisotopic (exact) mass is 226 g/mol. The van der Waals surface area contributed by atoms with Crippen LogP contribution < -0.4 is 4.74 Å². The molecule has 0 bridgehead atoms. The van der Waals surface area contributed by atoms with E-state index in [-0.39, 0.29) is 6.61 Å². The Kier molecular flexibility index (Phi) is 3.40. The molecule has 5 heteroatoms. The Labute approximate surface area is 92.9 Å². The lowest BCUT2D eigenvalue weighted by Gasteiger charge is -2.34. The van der Waals surface area contributed by atoms with Crippen molar-refractivity contribution in [2.24, 2.45) is 0 Å². The summed E-state index contributed by atoms with van der Waals surface area (Å²) >= 11 is 0. The van der Waals surface area contributed by atoms with Crippen LogP contribution in [0.2, 0.25) is 0 Å². The Hall–Kier alpha value is -1.14. The highest BCUT2D eigenvalue weighted by Gasteiger charge is 2.38. The first kappa shape index (κ1) is 11.3. The molecular weight excluding hydrogens is 212 g/mol. The minimum absolute atomic E-state index is 0.0598. The maximum absolute atomic E-state index is 9.61. The average molecular weight is 226 g/mol. The topological polar surface area (TPSA) is 79.2 Å². The molecule has 2 rings (SSSR count). The third-order valence-corrected chi connectivity index (χ3v) is 2.45. The molecule has 0 radical (unpaired) electrons. The summed E-state index contributed by atoms with van der Waals surface area (Å²) in [6.07, 6.45) is -4.54. The summed E-state index contributed by atoms with van der Waals surface area (Å²) in [6.45, 7) is -0.0598. The van der Waals surface area contributed by atoms with Gasteiger partial charge in [0.15, 0.2) is 0 Å². The van der Waals surface area contributed by atoms with Gasteiger partial charge in [-0.3, -0.25) is 0 Å². The summed E-state index contributed by atoms with van der Waals surface area (Å²) < 4.78 is 10.4. The summed E-state index contributed by atoms with van der Waals surface area (Å²) in [4.78, 5) is 0. The van der Waals surface area contributed by atoms with E-state index in [1.54, 1.807) is 24.3 Å². The van der Waals surface area contributed by atoms with Gasteiger partial charge in [0.05, 0.1) is 6.61 Å². The molecule has 0 unspecified atom stereocenters. The van der Waals surface area contributed by atoms with Gasteiger partial charge in [-0.05, 0) is 12.1 Å². The van der Waals surface area contributed by atoms with Crippen LogP contribution >= 0.6 is 0 Å². The van der Waals surface area contributed by atoms with E-state index in [1.807, 2.05) is 6.07 Å². The molecule has 0 spiro atoms. The molecule has 0 aliphatic carbocycles. The van der Waals surface area contributed by atoms with Crippen molar-refractivity contribution in [3.63, 3.8) is 0 Å². The van der Waals surface area contributed by atoms with E-state index in [4.69, 9.17) is 9.47 Å². The van der Waals surface area contributed by atoms with Crippen molar-refractivity contribution in [1.29, 1.82) is 0 Å². The summed E-state index contributed by atoms with van der Waals surface area (Å²) in [7, 11) is 0. The van der Waals surface area contributed by atoms with E-state index in [0.717, 1.165) is 0 Å². The van der Waals surface area contributed by atoms with Gasteiger partial charge < -0.3 is 24.8 Å². The zero-order valence-electron chi connectivity index (χ0n) is 8.56. The predicted octanol–water partition coefficient (Wildman–Crippen LogP) is -0.496. The molecule has 3 N–H and O–H groups in total. The number of aliphatic hydroxyl groups excluding tert-OH is 3. The summed E-state index contributed by atoms with van der Waals surface area (Å²) in [5.41, 5.74) is 0. The molecule has 0 saturated carbocycles. The molecular formula is C11H14O5. The Balaban J connectivity index is 2.00. The zero-order valence-corrected chi connectivity index (χ0v) is 8.56. The molecule has 0 amide bonds. The smallest absolute Gasteiger partial charge is 0.228 e. The van der Waals surface area contributed by atoms with Crippen LogP contribution in [0.25, 0.3) is 0 Å². The van der Waals surface area contributed by atoms with Crippen molar-refractivity contribution >= 4 is 0 Å². The Morgan fingerprint density at radius 3 is 2.44 bits per heavy atom. The normalized spacial score (nSPS) is 34.7. The maximum atomic E-state index is 9.61. The molecule has 88 valence electrons. The van der Waals surface area contributed by atoms with E-state index in [1.165, 1.54) is 0 Å². The van der Waals surface area contributed by atoms with Crippen LogP contribution in [0.1, 0.15) is 0 Å². The predicted molar refractivity (Wildman–Crippen MR) is 54.8 cm³/mol. The second-order valence-electron chi connectivity index (χ2n) is 3.68. The van der Waals surface area contributed by atoms with E-state index < -0.39 is 24.6 Å². The Morgan fingerprint density at radius 2 is 1.75 bits per heavy atom. The van der Waals surface area contributed by atoms with Crippen molar-refractivity contribution < 1.29 is 24.8 Å². The molecule has 1 heterocycles. The first-order valence-electron chi connectivity index (χ1n) is 5.06. The molecule has 1 aliphatic rings. The van der Waals surface area contributed by atoms with Gasteiger partial charge >= 0.3 is 0 Å². The minimum atomic E-state index is -1.26. The molecule has 0 aromatic heterocycles. The maximum Gasteiger partial charge on any atom is 0.228 e. The first-order valence-corrected chi connectivity index (χ1v) is 5.06. The van der Waals surface area contributed by atoms with Crippen LogP contribution in [0.5, 0.6) is 5.75 Å². The average Bonchev–Trinajstić information content (AvgIpc) is 2.31. The quantitative estimate of drug-likeness (QED) is 0.634. The van der Waals surface area contributed by atoms with Gasteiger partial charge in [0.25, 0.3) is 0 Å². The fourth-order valence-corrected chi connectivity index (χ4v) is 1.52.